The van der Waals surface area contributed by atoms with Gasteiger partial charge in [-0.05, 0) is 31.2 Å². The number of nitrogens with zero attached hydrogens (tertiary/aromatic N) is 1. The van der Waals surface area contributed by atoms with Crippen LogP contribution in [0.15, 0.2) is 24.3 Å². The smallest absolute Gasteiger partial charge is 0.118 e. The summed E-state index contributed by atoms with van der Waals surface area (Å²) < 4.78 is 10.7. The molecular formula is C15H24N2O2. The summed E-state index contributed by atoms with van der Waals surface area (Å²) >= 11 is 0. The molecule has 0 aliphatic carbocycles. The predicted molar refractivity (Wildman–Crippen MR) is 76.3 cm³/mol. The molecule has 2 N–H and O–H groups in total. The first-order valence-corrected chi connectivity index (χ1v) is 6.77. The Balaban J connectivity index is 1.90. The Morgan fingerprint density at radius 1 is 1.37 bits per heavy atom. The number of hydrogen-bond acceptors (Lipinski definition) is 4. The van der Waals surface area contributed by atoms with E-state index in [1.807, 2.05) is 12.1 Å². The van der Waals surface area contributed by atoms with Crippen molar-refractivity contribution in [3.05, 3.63) is 29.8 Å². The number of hydrogen-bond donors (Lipinski definition) is 1. The molecule has 1 aromatic carbocycles. The molecule has 1 saturated heterocycles. The van der Waals surface area contributed by atoms with Crippen LogP contribution in [0.3, 0.4) is 0 Å². The maximum atomic E-state index is 5.93. The van der Waals surface area contributed by atoms with Crippen molar-refractivity contribution >= 4 is 0 Å². The van der Waals surface area contributed by atoms with E-state index < -0.39 is 0 Å². The van der Waals surface area contributed by atoms with Gasteiger partial charge >= 0.3 is 0 Å². The molecule has 4 heteroatoms. The zero-order chi connectivity index (χ0) is 13.7. The van der Waals surface area contributed by atoms with Crippen LogP contribution in [-0.2, 0) is 11.3 Å². The molecule has 1 aliphatic rings. The van der Waals surface area contributed by atoms with Gasteiger partial charge in [-0.15, -0.1) is 0 Å². The van der Waals surface area contributed by atoms with Crippen LogP contribution in [0.25, 0.3) is 0 Å². The second-order valence-corrected chi connectivity index (χ2v) is 5.53. The van der Waals surface area contributed by atoms with Crippen LogP contribution in [0.5, 0.6) is 5.75 Å². The van der Waals surface area contributed by atoms with Gasteiger partial charge < -0.3 is 20.1 Å². The molecule has 1 unspecified atom stereocenters. The van der Waals surface area contributed by atoms with E-state index in [9.17, 15) is 0 Å². The first-order valence-electron chi connectivity index (χ1n) is 6.77. The van der Waals surface area contributed by atoms with Crippen LogP contribution in [0, 0.1) is 5.41 Å². The highest BCUT2D eigenvalue weighted by atomic mass is 16.5. The zero-order valence-electron chi connectivity index (χ0n) is 11.9. The van der Waals surface area contributed by atoms with Gasteiger partial charge in [0.05, 0.1) is 13.7 Å². The summed E-state index contributed by atoms with van der Waals surface area (Å²) in [5.41, 5.74) is 7.35. The molecule has 0 aromatic heterocycles. The van der Waals surface area contributed by atoms with E-state index in [1.165, 1.54) is 5.56 Å². The SMILES string of the molecule is COc1ccc(CN(C)CC2(CN)CCOC2)cc1. The minimum atomic E-state index is 0.140. The van der Waals surface area contributed by atoms with Crippen molar-refractivity contribution in [3.63, 3.8) is 0 Å². The van der Waals surface area contributed by atoms with Crippen molar-refractivity contribution in [2.45, 2.75) is 13.0 Å². The maximum Gasteiger partial charge on any atom is 0.118 e. The average Bonchev–Trinajstić information content (AvgIpc) is 2.88. The third-order valence-electron chi connectivity index (χ3n) is 3.83. The highest BCUT2D eigenvalue weighted by Gasteiger charge is 2.34. The van der Waals surface area contributed by atoms with Crippen LogP contribution in [0.4, 0.5) is 0 Å². The largest absolute Gasteiger partial charge is 0.497 e. The molecule has 106 valence electrons. The maximum absolute atomic E-state index is 5.93. The molecule has 1 heterocycles. The molecule has 0 radical (unpaired) electrons. The van der Waals surface area contributed by atoms with Gasteiger partial charge in [0.25, 0.3) is 0 Å². The van der Waals surface area contributed by atoms with Crippen molar-refractivity contribution < 1.29 is 9.47 Å². The summed E-state index contributed by atoms with van der Waals surface area (Å²) in [4.78, 5) is 2.32. The summed E-state index contributed by atoms with van der Waals surface area (Å²) in [5.74, 6) is 0.897. The topological polar surface area (TPSA) is 47.7 Å². The predicted octanol–water partition coefficient (Wildman–Crippen LogP) is 1.49. The average molecular weight is 264 g/mol. The summed E-state index contributed by atoms with van der Waals surface area (Å²) in [6, 6.07) is 8.21. The van der Waals surface area contributed by atoms with E-state index in [-0.39, 0.29) is 5.41 Å². The molecule has 1 atom stereocenters. The van der Waals surface area contributed by atoms with Gasteiger partial charge in [-0.2, -0.15) is 0 Å². The number of benzene rings is 1. The van der Waals surface area contributed by atoms with Crippen LogP contribution in [0.1, 0.15) is 12.0 Å². The molecule has 2 rings (SSSR count). The summed E-state index contributed by atoms with van der Waals surface area (Å²) in [5, 5.41) is 0. The van der Waals surface area contributed by atoms with Crippen LogP contribution in [0.2, 0.25) is 0 Å². The quantitative estimate of drug-likeness (QED) is 0.845. The van der Waals surface area contributed by atoms with Crippen molar-refractivity contribution in [3.8, 4) is 5.75 Å². The Hall–Kier alpha value is -1.10. The number of ether oxygens (including phenoxy) is 2. The fourth-order valence-corrected chi connectivity index (χ4v) is 2.67. The van der Waals surface area contributed by atoms with Crippen molar-refractivity contribution in [2.75, 3.05) is 40.5 Å². The minimum Gasteiger partial charge on any atom is -0.497 e. The van der Waals surface area contributed by atoms with Gasteiger partial charge in [-0.1, -0.05) is 12.1 Å². The van der Waals surface area contributed by atoms with E-state index in [4.69, 9.17) is 15.2 Å². The molecule has 0 bridgehead atoms. The molecule has 1 aliphatic heterocycles. The Morgan fingerprint density at radius 2 is 2.11 bits per heavy atom. The second kappa shape index (κ2) is 6.37. The first-order chi connectivity index (χ1) is 9.17. The lowest BCUT2D eigenvalue weighted by Gasteiger charge is -2.31. The Bertz CT molecular complexity index is 386. The molecule has 0 amide bonds. The van der Waals surface area contributed by atoms with E-state index in [1.54, 1.807) is 7.11 Å². The Morgan fingerprint density at radius 3 is 2.63 bits per heavy atom. The highest BCUT2D eigenvalue weighted by molar-refractivity contribution is 5.27. The molecule has 0 saturated carbocycles. The van der Waals surface area contributed by atoms with E-state index in [0.29, 0.717) is 6.54 Å². The normalized spacial score (nSPS) is 22.9. The molecule has 1 fully saturated rings. The zero-order valence-corrected chi connectivity index (χ0v) is 11.9. The lowest BCUT2D eigenvalue weighted by molar-refractivity contribution is 0.123. The fourth-order valence-electron chi connectivity index (χ4n) is 2.67. The first kappa shape index (κ1) is 14.3. The highest BCUT2D eigenvalue weighted by Crippen LogP contribution is 2.28. The molecular weight excluding hydrogens is 240 g/mol. The third-order valence-corrected chi connectivity index (χ3v) is 3.83. The van der Waals surface area contributed by atoms with Crippen LogP contribution < -0.4 is 10.5 Å². The lowest BCUT2D eigenvalue weighted by Crippen LogP contribution is -2.41. The monoisotopic (exact) mass is 264 g/mol. The van der Waals surface area contributed by atoms with Gasteiger partial charge in [0.2, 0.25) is 0 Å². The molecule has 0 spiro atoms. The van der Waals surface area contributed by atoms with Crippen molar-refractivity contribution in [1.82, 2.24) is 4.90 Å². The Kier molecular flexibility index (Phi) is 4.80. The lowest BCUT2D eigenvalue weighted by atomic mass is 9.87. The summed E-state index contributed by atoms with van der Waals surface area (Å²) in [7, 11) is 3.83. The van der Waals surface area contributed by atoms with E-state index in [0.717, 1.165) is 38.5 Å². The Labute approximate surface area is 115 Å². The molecule has 4 nitrogen and oxygen atoms in total. The number of methoxy groups -OCH3 is 1. The van der Waals surface area contributed by atoms with Gasteiger partial charge in [0.1, 0.15) is 5.75 Å². The summed E-state index contributed by atoms with van der Waals surface area (Å²) in [6.45, 7) is 4.23. The fraction of sp³-hybridized carbons (Fsp3) is 0.600. The van der Waals surface area contributed by atoms with Gasteiger partial charge in [0.15, 0.2) is 0 Å². The van der Waals surface area contributed by atoms with Gasteiger partial charge in [-0.3, -0.25) is 0 Å². The van der Waals surface area contributed by atoms with Gasteiger partial charge in [-0.25, -0.2) is 0 Å². The summed E-state index contributed by atoms with van der Waals surface area (Å²) in [6.07, 6.45) is 1.07. The van der Waals surface area contributed by atoms with E-state index in [2.05, 4.69) is 24.1 Å². The van der Waals surface area contributed by atoms with Crippen molar-refractivity contribution in [2.24, 2.45) is 11.1 Å². The molecule has 1 aromatic rings. The van der Waals surface area contributed by atoms with Gasteiger partial charge in [0, 0.05) is 31.7 Å². The third kappa shape index (κ3) is 3.69. The minimum absolute atomic E-state index is 0.140. The van der Waals surface area contributed by atoms with Crippen molar-refractivity contribution in [1.29, 1.82) is 0 Å². The van der Waals surface area contributed by atoms with Crippen LogP contribution in [-0.4, -0.2) is 45.4 Å². The molecule has 19 heavy (non-hydrogen) atoms. The number of rotatable bonds is 6. The second-order valence-electron chi connectivity index (χ2n) is 5.53. The number of nitrogens with two attached hydrogens (primary N) is 1. The van der Waals surface area contributed by atoms with E-state index >= 15 is 0 Å². The standard InChI is InChI=1S/C15H24N2O2/c1-17(11-15(10-16)7-8-19-12-15)9-13-3-5-14(18-2)6-4-13/h3-6H,7-12,16H2,1-2H3. The van der Waals surface area contributed by atoms with Crippen LogP contribution >= 0.6 is 0 Å².